The van der Waals surface area contributed by atoms with Gasteiger partial charge in [0.1, 0.15) is 18.2 Å². The average molecular weight is 370 g/mol. The van der Waals surface area contributed by atoms with E-state index >= 15 is 0 Å². The number of rotatable bonds is 4. The Morgan fingerprint density at radius 2 is 2.15 bits per heavy atom. The van der Waals surface area contributed by atoms with Crippen molar-refractivity contribution >= 4 is 5.91 Å². The molecule has 0 bridgehead atoms. The summed E-state index contributed by atoms with van der Waals surface area (Å²) in [6.45, 7) is 3.14. The molecule has 3 aromatic rings. The Labute approximate surface area is 154 Å². The fourth-order valence-electron chi connectivity index (χ4n) is 3.20. The highest BCUT2D eigenvalue weighted by Crippen LogP contribution is 2.24. The van der Waals surface area contributed by atoms with Crippen molar-refractivity contribution in [3.8, 4) is 11.4 Å². The molecule has 3 heterocycles. The summed E-state index contributed by atoms with van der Waals surface area (Å²) in [4.78, 5) is 20.1. The monoisotopic (exact) mass is 370 g/mol. The van der Waals surface area contributed by atoms with E-state index in [1.807, 2.05) is 6.92 Å². The quantitative estimate of drug-likeness (QED) is 0.742. The van der Waals surface area contributed by atoms with E-state index in [4.69, 9.17) is 0 Å². The molecule has 0 radical (unpaired) electrons. The van der Waals surface area contributed by atoms with Gasteiger partial charge in [-0.05, 0) is 49.2 Å². The van der Waals surface area contributed by atoms with Crippen molar-refractivity contribution in [2.24, 2.45) is 0 Å². The SMILES string of the molecule is Cc1nc(C2CCCN(C(=O)Cn3nnc(-c4ccc(F)cc4)n3)C2)n[nH]1. The number of tetrazole rings is 1. The number of halogens is 1. The smallest absolute Gasteiger partial charge is 0.246 e. The molecule has 1 aliphatic rings. The number of carbonyl (C=O) groups excluding carboxylic acids is 1. The molecule has 1 aromatic carbocycles. The highest BCUT2D eigenvalue weighted by Gasteiger charge is 2.27. The summed E-state index contributed by atoms with van der Waals surface area (Å²) >= 11 is 0. The summed E-state index contributed by atoms with van der Waals surface area (Å²) < 4.78 is 13.0. The number of likely N-dealkylation sites (tertiary alicyclic amines) is 1. The number of nitrogens with zero attached hydrogens (tertiary/aromatic N) is 7. The summed E-state index contributed by atoms with van der Waals surface area (Å²) in [5, 5.41) is 19.2. The summed E-state index contributed by atoms with van der Waals surface area (Å²) in [6, 6.07) is 5.82. The number of nitrogens with one attached hydrogen (secondary N) is 1. The number of piperidine rings is 1. The Kier molecular flexibility index (Phi) is 4.61. The maximum atomic E-state index is 13.0. The third-order valence-electron chi connectivity index (χ3n) is 4.59. The maximum Gasteiger partial charge on any atom is 0.246 e. The lowest BCUT2D eigenvalue weighted by Gasteiger charge is -2.31. The standard InChI is InChI=1S/C17H19FN8O/c1-11-19-16(21-20-11)13-3-2-8-25(9-13)15(27)10-26-23-17(22-24-26)12-4-6-14(18)7-5-12/h4-7,13H,2-3,8-10H2,1H3,(H,19,20,21). The molecule has 1 amide bonds. The van der Waals surface area contributed by atoms with Crippen molar-refractivity contribution in [2.75, 3.05) is 13.1 Å². The molecule has 140 valence electrons. The van der Waals surface area contributed by atoms with Gasteiger partial charge in [-0.3, -0.25) is 9.89 Å². The minimum atomic E-state index is -0.331. The first-order valence-electron chi connectivity index (χ1n) is 8.79. The van der Waals surface area contributed by atoms with Crippen molar-refractivity contribution in [1.82, 2.24) is 40.3 Å². The van der Waals surface area contributed by atoms with Gasteiger partial charge in [0.25, 0.3) is 0 Å². The molecule has 2 aromatic heterocycles. The summed E-state index contributed by atoms with van der Waals surface area (Å²) in [5.74, 6) is 1.61. The van der Waals surface area contributed by atoms with Crippen LogP contribution in [0, 0.1) is 12.7 Å². The van der Waals surface area contributed by atoms with E-state index in [1.54, 1.807) is 17.0 Å². The van der Waals surface area contributed by atoms with Gasteiger partial charge >= 0.3 is 0 Å². The average Bonchev–Trinajstić information content (AvgIpc) is 3.32. The lowest BCUT2D eigenvalue weighted by atomic mass is 9.97. The fourth-order valence-corrected chi connectivity index (χ4v) is 3.20. The van der Waals surface area contributed by atoms with E-state index < -0.39 is 0 Å². The molecule has 0 aliphatic carbocycles. The first-order chi connectivity index (χ1) is 13.1. The first kappa shape index (κ1) is 17.3. The van der Waals surface area contributed by atoms with Gasteiger partial charge in [-0.25, -0.2) is 9.37 Å². The molecule has 9 nitrogen and oxygen atoms in total. The maximum absolute atomic E-state index is 13.0. The lowest BCUT2D eigenvalue weighted by molar-refractivity contribution is -0.133. The third kappa shape index (κ3) is 3.83. The minimum Gasteiger partial charge on any atom is -0.340 e. The predicted octanol–water partition coefficient (Wildman–Crippen LogP) is 1.31. The molecule has 1 saturated heterocycles. The van der Waals surface area contributed by atoms with Crippen LogP contribution in [0.5, 0.6) is 0 Å². The van der Waals surface area contributed by atoms with Crippen LogP contribution in [0.2, 0.25) is 0 Å². The number of benzene rings is 1. The zero-order valence-corrected chi connectivity index (χ0v) is 14.8. The number of aryl methyl sites for hydroxylation is 1. The normalized spacial score (nSPS) is 17.3. The van der Waals surface area contributed by atoms with Crippen LogP contribution in [-0.2, 0) is 11.3 Å². The topological polar surface area (TPSA) is 105 Å². The molecule has 1 fully saturated rings. The van der Waals surface area contributed by atoms with Crippen molar-refractivity contribution in [3.05, 3.63) is 41.7 Å². The Balaban J connectivity index is 1.41. The number of hydrogen-bond acceptors (Lipinski definition) is 6. The number of carbonyl (C=O) groups is 1. The van der Waals surface area contributed by atoms with E-state index in [-0.39, 0.29) is 24.2 Å². The molecule has 1 atom stereocenters. The molecule has 1 N–H and O–H groups in total. The first-order valence-corrected chi connectivity index (χ1v) is 8.79. The van der Waals surface area contributed by atoms with Gasteiger partial charge in [0.05, 0.1) is 0 Å². The Bertz CT molecular complexity index is 935. The van der Waals surface area contributed by atoms with Crippen molar-refractivity contribution in [3.63, 3.8) is 0 Å². The van der Waals surface area contributed by atoms with Gasteiger partial charge in [0.2, 0.25) is 11.7 Å². The van der Waals surface area contributed by atoms with E-state index in [2.05, 4.69) is 30.6 Å². The summed E-state index contributed by atoms with van der Waals surface area (Å²) in [5.41, 5.74) is 0.646. The van der Waals surface area contributed by atoms with Crippen LogP contribution >= 0.6 is 0 Å². The van der Waals surface area contributed by atoms with Crippen LogP contribution in [-0.4, -0.2) is 59.3 Å². The van der Waals surface area contributed by atoms with Crippen LogP contribution in [0.1, 0.15) is 30.4 Å². The summed E-state index contributed by atoms with van der Waals surface area (Å²) in [6.07, 6.45) is 1.85. The van der Waals surface area contributed by atoms with Gasteiger partial charge < -0.3 is 4.90 Å². The molecule has 0 saturated carbocycles. The lowest BCUT2D eigenvalue weighted by Crippen LogP contribution is -2.41. The van der Waals surface area contributed by atoms with E-state index in [9.17, 15) is 9.18 Å². The Morgan fingerprint density at radius 3 is 2.89 bits per heavy atom. The third-order valence-corrected chi connectivity index (χ3v) is 4.59. The minimum absolute atomic E-state index is 0.00787. The largest absolute Gasteiger partial charge is 0.340 e. The van der Waals surface area contributed by atoms with Crippen LogP contribution in [0.3, 0.4) is 0 Å². The highest BCUT2D eigenvalue weighted by molar-refractivity contribution is 5.76. The van der Waals surface area contributed by atoms with E-state index in [1.165, 1.54) is 16.9 Å². The molecule has 1 unspecified atom stereocenters. The van der Waals surface area contributed by atoms with Gasteiger partial charge in [-0.1, -0.05) is 0 Å². The van der Waals surface area contributed by atoms with Crippen molar-refractivity contribution in [2.45, 2.75) is 32.2 Å². The number of aromatic nitrogens is 7. The fraction of sp³-hybridized carbons (Fsp3) is 0.412. The second kappa shape index (κ2) is 7.22. The molecule has 1 aliphatic heterocycles. The molecule has 4 rings (SSSR count). The van der Waals surface area contributed by atoms with Crippen LogP contribution in [0.4, 0.5) is 4.39 Å². The molecule has 10 heteroatoms. The molecular weight excluding hydrogens is 351 g/mol. The van der Waals surface area contributed by atoms with Gasteiger partial charge in [0, 0.05) is 24.6 Å². The van der Waals surface area contributed by atoms with E-state index in [0.29, 0.717) is 24.5 Å². The second-order valence-electron chi connectivity index (χ2n) is 6.61. The molecular formula is C17H19FN8O. The number of hydrogen-bond donors (Lipinski definition) is 1. The van der Waals surface area contributed by atoms with Gasteiger partial charge in [-0.2, -0.15) is 9.90 Å². The Hall–Kier alpha value is -3.17. The van der Waals surface area contributed by atoms with Crippen LogP contribution in [0.25, 0.3) is 11.4 Å². The van der Waals surface area contributed by atoms with Gasteiger partial charge in [-0.15, -0.1) is 10.2 Å². The molecule has 0 spiro atoms. The second-order valence-corrected chi connectivity index (χ2v) is 6.61. The van der Waals surface area contributed by atoms with Crippen molar-refractivity contribution < 1.29 is 9.18 Å². The molecule has 27 heavy (non-hydrogen) atoms. The van der Waals surface area contributed by atoms with Crippen molar-refractivity contribution in [1.29, 1.82) is 0 Å². The van der Waals surface area contributed by atoms with Crippen LogP contribution < -0.4 is 0 Å². The van der Waals surface area contributed by atoms with E-state index in [0.717, 1.165) is 24.5 Å². The van der Waals surface area contributed by atoms with Gasteiger partial charge in [0.15, 0.2) is 5.82 Å². The number of aromatic amines is 1. The Morgan fingerprint density at radius 1 is 1.33 bits per heavy atom. The highest BCUT2D eigenvalue weighted by atomic mass is 19.1. The zero-order chi connectivity index (χ0) is 18.8. The zero-order valence-electron chi connectivity index (χ0n) is 14.8. The number of H-pyrrole nitrogens is 1. The number of amides is 1. The summed E-state index contributed by atoms with van der Waals surface area (Å²) in [7, 11) is 0. The predicted molar refractivity (Wildman–Crippen MR) is 92.9 cm³/mol. The van der Waals surface area contributed by atoms with Crippen LogP contribution in [0.15, 0.2) is 24.3 Å².